The van der Waals surface area contributed by atoms with Crippen LogP contribution in [-0.2, 0) is 4.79 Å². The summed E-state index contributed by atoms with van der Waals surface area (Å²) in [7, 11) is 0. The Bertz CT molecular complexity index is 349. The molecule has 0 spiro atoms. The van der Waals surface area contributed by atoms with E-state index >= 15 is 0 Å². The maximum Gasteiger partial charge on any atom is 0.330 e. The van der Waals surface area contributed by atoms with Crippen LogP contribution in [0.2, 0.25) is 0 Å². The van der Waals surface area contributed by atoms with E-state index in [0.29, 0.717) is 5.75 Å². The minimum atomic E-state index is -0.560. The molecule has 13 heavy (non-hydrogen) atoms. The predicted molar refractivity (Wildman–Crippen MR) is 50.1 cm³/mol. The standard InChI is InChI=1S/C10H9ClO2/c1-6-7-4-2-3-5-8(7)13-10(12)9(6)11/h2-6,9H,1H3. The average molecular weight is 197 g/mol. The number of halogens is 1. The van der Waals surface area contributed by atoms with Crippen LogP contribution in [0.4, 0.5) is 0 Å². The fraction of sp³-hybridized carbons (Fsp3) is 0.300. The van der Waals surface area contributed by atoms with Crippen molar-refractivity contribution in [3.8, 4) is 5.75 Å². The highest BCUT2D eigenvalue weighted by Crippen LogP contribution is 2.35. The Kier molecular flexibility index (Phi) is 2.00. The summed E-state index contributed by atoms with van der Waals surface area (Å²) in [5.41, 5.74) is 1.00. The first-order chi connectivity index (χ1) is 6.20. The molecule has 0 bridgehead atoms. The van der Waals surface area contributed by atoms with Crippen molar-refractivity contribution >= 4 is 17.6 Å². The van der Waals surface area contributed by atoms with E-state index < -0.39 is 5.38 Å². The summed E-state index contributed by atoms with van der Waals surface area (Å²) in [6.45, 7) is 1.93. The molecule has 0 N–H and O–H groups in total. The molecule has 2 atom stereocenters. The van der Waals surface area contributed by atoms with Crippen LogP contribution >= 0.6 is 11.6 Å². The zero-order chi connectivity index (χ0) is 9.42. The van der Waals surface area contributed by atoms with Crippen LogP contribution in [-0.4, -0.2) is 11.3 Å². The van der Waals surface area contributed by atoms with Crippen molar-refractivity contribution in [2.75, 3.05) is 0 Å². The van der Waals surface area contributed by atoms with E-state index in [2.05, 4.69) is 0 Å². The molecule has 68 valence electrons. The number of carbonyl (C=O) groups is 1. The van der Waals surface area contributed by atoms with Crippen LogP contribution in [0.3, 0.4) is 0 Å². The van der Waals surface area contributed by atoms with Crippen molar-refractivity contribution < 1.29 is 9.53 Å². The largest absolute Gasteiger partial charge is 0.425 e. The number of alkyl halides is 1. The molecular formula is C10H9ClO2. The van der Waals surface area contributed by atoms with Gasteiger partial charge in [-0.3, -0.25) is 4.79 Å². The Hall–Kier alpha value is -1.02. The maximum absolute atomic E-state index is 11.2. The highest BCUT2D eigenvalue weighted by atomic mass is 35.5. The van der Waals surface area contributed by atoms with E-state index in [1.807, 2.05) is 25.1 Å². The SMILES string of the molecule is CC1c2ccccc2OC(=O)C1Cl. The lowest BCUT2D eigenvalue weighted by molar-refractivity contribution is -0.135. The second kappa shape index (κ2) is 3.04. The zero-order valence-corrected chi connectivity index (χ0v) is 7.91. The van der Waals surface area contributed by atoms with Crippen LogP contribution in [0.25, 0.3) is 0 Å². The van der Waals surface area contributed by atoms with Gasteiger partial charge in [-0.2, -0.15) is 0 Å². The van der Waals surface area contributed by atoms with Gasteiger partial charge in [0.1, 0.15) is 11.1 Å². The van der Waals surface area contributed by atoms with E-state index in [0.717, 1.165) is 5.56 Å². The molecule has 0 amide bonds. The van der Waals surface area contributed by atoms with Gasteiger partial charge < -0.3 is 4.74 Å². The van der Waals surface area contributed by atoms with E-state index in [4.69, 9.17) is 16.3 Å². The van der Waals surface area contributed by atoms with Crippen molar-refractivity contribution in [3.05, 3.63) is 29.8 Å². The first kappa shape index (κ1) is 8.57. The van der Waals surface area contributed by atoms with Gasteiger partial charge in [0.05, 0.1) is 0 Å². The summed E-state index contributed by atoms with van der Waals surface area (Å²) in [5, 5.41) is -0.560. The van der Waals surface area contributed by atoms with Gasteiger partial charge in [0.15, 0.2) is 0 Å². The van der Waals surface area contributed by atoms with Gasteiger partial charge in [0.2, 0.25) is 0 Å². The van der Waals surface area contributed by atoms with Gasteiger partial charge >= 0.3 is 5.97 Å². The molecule has 0 fully saturated rings. The van der Waals surface area contributed by atoms with Crippen LogP contribution < -0.4 is 4.74 Å². The minimum Gasteiger partial charge on any atom is -0.425 e. The molecule has 1 aliphatic heterocycles. The molecule has 1 heterocycles. The van der Waals surface area contributed by atoms with Crippen molar-refractivity contribution in [2.24, 2.45) is 0 Å². The lowest BCUT2D eigenvalue weighted by Gasteiger charge is -2.25. The number of carbonyl (C=O) groups excluding carboxylic acids is 1. The van der Waals surface area contributed by atoms with Crippen LogP contribution in [0.5, 0.6) is 5.75 Å². The summed E-state index contributed by atoms with van der Waals surface area (Å²) in [5.74, 6) is 0.309. The number of ether oxygens (including phenoxy) is 1. The summed E-state index contributed by atoms with van der Waals surface area (Å²) in [6, 6.07) is 7.47. The van der Waals surface area contributed by atoms with Crippen molar-refractivity contribution in [2.45, 2.75) is 18.2 Å². The molecule has 0 radical (unpaired) electrons. The smallest absolute Gasteiger partial charge is 0.330 e. The molecule has 3 heteroatoms. The minimum absolute atomic E-state index is 0.0270. The lowest BCUT2D eigenvalue weighted by atomic mass is 9.94. The maximum atomic E-state index is 11.2. The summed E-state index contributed by atoms with van der Waals surface area (Å²) in [6.07, 6.45) is 0. The van der Waals surface area contributed by atoms with Crippen molar-refractivity contribution in [1.82, 2.24) is 0 Å². The summed E-state index contributed by atoms with van der Waals surface area (Å²) < 4.78 is 5.04. The molecule has 0 aliphatic carbocycles. The van der Waals surface area contributed by atoms with Crippen LogP contribution in [0.1, 0.15) is 18.4 Å². The molecular weight excluding hydrogens is 188 g/mol. The first-order valence-electron chi connectivity index (χ1n) is 4.15. The molecule has 0 saturated carbocycles. The first-order valence-corrected chi connectivity index (χ1v) is 4.58. The Labute approximate surface area is 81.5 Å². The average Bonchev–Trinajstić information content (AvgIpc) is 2.15. The Balaban J connectivity index is 2.49. The molecule has 2 unspecified atom stereocenters. The molecule has 2 rings (SSSR count). The number of esters is 1. The number of hydrogen-bond donors (Lipinski definition) is 0. The molecule has 1 aromatic rings. The number of benzene rings is 1. The Morgan fingerprint density at radius 1 is 1.38 bits per heavy atom. The molecule has 0 aromatic heterocycles. The Morgan fingerprint density at radius 3 is 2.85 bits per heavy atom. The quantitative estimate of drug-likeness (QED) is 0.362. The van der Waals surface area contributed by atoms with Crippen LogP contribution in [0.15, 0.2) is 24.3 Å². The van der Waals surface area contributed by atoms with E-state index in [1.165, 1.54) is 0 Å². The van der Waals surface area contributed by atoms with Crippen molar-refractivity contribution in [3.63, 3.8) is 0 Å². The fourth-order valence-corrected chi connectivity index (χ4v) is 1.66. The van der Waals surface area contributed by atoms with Crippen molar-refractivity contribution in [1.29, 1.82) is 0 Å². The third-order valence-electron chi connectivity index (χ3n) is 2.28. The van der Waals surface area contributed by atoms with Gasteiger partial charge in [-0.05, 0) is 11.6 Å². The predicted octanol–water partition coefficient (Wildman–Crippen LogP) is 2.32. The van der Waals surface area contributed by atoms with E-state index in [1.54, 1.807) is 6.07 Å². The second-order valence-electron chi connectivity index (χ2n) is 3.15. The van der Waals surface area contributed by atoms with Crippen LogP contribution in [0, 0.1) is 0 Å². The van der Waals surface area contributed by atoms with Gasteiger partial charge in [-0.15, -0.1) is 11.6 Å². The third kappa shape index (κ3) is 1.31. The molecule has 1 aromatic carbocycles. The zero-order valence-electron chi connectivity index (χ0n) is 7.16. The molecule has 1 aliphatic rings. The fourth-order valence-electron chi connectivity index (χ4n) is 1.48. The summed E-state index contributed by atoms with van der Waals surface area (Å²) in [4.78, 5) is 11.2. The highest BCUT2D eigenvalue weighted by molar-refractivity contribution is 6.31. The third-order valence-corrected chi connectivity index (χ3v) is 2.84. The van der Waals surface area contributed by atoms with E-state index in [9.17, 15) is 4.79 Å². The topological polar surface area (TPSA) is 26.3 Å². The lowest BCUT2D eigenvalue weighted by Crippen LogP contribution is -2.30. The van der Waals surface area contributed by atoms with Gasteiger partial charge in [0, 0.05) is 5.92 Å². The normalized spacial score (nSPS) is 26.5. The highest BCUT2D eigenvalue weighted by Gasteiger charge is 2.32. The van der Waals surface area contributed by atoms with Gasteiger partial charge in [0.25, 0.3) is 0 Å². The number of para-hydroxylation sites is 1. The number of fused-ring (bicyclic) bond motifs is 1. The Morgan fingerprint density at radius 2 is 2.08 bits per heavy atom. The monoisotopic (exact) mass is 196 g/mol. The van der Waals surface area contributed by atoms with E-state index in [-0.39, 0.29) is 11.9 Å². The van der Waals surface area contributed by atoms with Gasteiger partial charge in [-0.1, -0.05) is 25.1 Å². The molecule has 2 nitrogen and oxygen atoms in total. The second-order valence-corrected chi connectivity index (χ2v) is 3.62. The van der Waals surface area contributed by atoms with Gasteiger partial charge in [-0.25, -0.2) is 0 Å². The molecule has 0 saturated heterocycles. The number of hydrogen-bond acceptors (Lipinski definition) is 2. The number of rotatable bonds is 0. The summed E-state index contributed by atoms with van der Waals surface area (Å²) >= 11 is 5.87.